The largest absolute Gasteiger partial charge is 0.345 e. The fraction of sp³-hybridized carbons (Fsp3) is 0.800. The highest BCUT2D eigenvalue weighted by molar-refractivity contribution is 7.15. The van der Waals surface area contributed by atoms with E-state index in [0.717, 1.165) is 25.7 Å². The van der Waals surface area contributed by atoms with Crippen LogP contribution >= 0.6 is 11.3 Å². The number of rotatable bonds is 6. The van der Waals surface area contributed by atoms with E-state index in [0.29, 0.717) is 0 Å². The summed E-state index contributed by atoms with van der Waals surface area (Å²) in [7, 11) is 0. The Morgan fingerprint density at radius 3 is 2.47 bits per heavy atom. The van der Waals surface area contributed by atoms with Crippen LogP contribution in [0.1, 0.15) is 58.0 Å². The van der Waals surface area contributed by atoms with Gasteiger partial charge in [-0.05, 0) is 26.3 Å². The van der Waals surface area contributed by atoms with Crippen molar-refractivity contribution >= 4 is 16.5 Å². The molecule has 0 aromatic carbocycles. The Bertz CT molecular complexity index is 416. The Morgan fingerprint density at radius 2 is 2.00 bits per heavy atom. The van der Waals surface area contributed by atoms with Crippen LogP contribution in [-0.2, 0) is 12.0 Å². The molecule has 19 heavy (non-hydrogen) atoms. The van der Waals surface area contributed by atoms with E-state index < -0.39 is 0 Å². The van der Waals surface area contributed by atoms with E-state index in [1.54, 1.807) is 0 Å². The maximum Gasteiger partial charge on any atom is 0.186 e. The predicted octanol–water partition coefficient (Wildman–Crippen LogP) is 3.54. The second-order valence-electron chi connectivity index (χ2n) is 6.32. The van der Waals surface area contributed by atoms with E-state index in [9.17, 15) is 0 Å². The minimum Gasteiger partial charge on any atom is -0.345 e. The number of nitrogens with zero attached hydrogens (tertiary/aromatic N) is 2. The topological polar surface area (TPSA) is 28.2 Å². The van der Waals surface area contributed by atoms with Crippen molar-refractivity contribution in [2.75, 3.05) is 18.0 Å². The molecule has 0 amide bonds. The maximum atomic E-state index is 4.97. The monoisotopic (exact) mass is 281 g/mol. The van der Waals surface area contributed by atoms with Crippen LogP contribution in [0.4, 0.5) is 5.13 Å². The minimum absolute atomic E-state index is 0.127. The van der Waals surface area contributed by atoms with E-state index in [4.69, 9.17) is 4.98 Å². The van der Waals surface area contributed by atoms with Gasteiger partial charge in [-0.25, -0.2) is 4.98 Å². The van der Waals surface area contributed by atoms with E-state index in [-0.39, 0.29) is 5.41 Å². The summed E-state index contributed by atoms with van der Waals surface area (Å²) in [6.45, 7) is 14.2. The van der Waals surface area contributed by atoms with Crippen molar-refractivity contribution in [3.8, 4) is 0 Å². The van der Waals surface area contributed by atoms with Crippen LogP contribution in [0.3, 0.4) is 0 Å². The first-order chi connectivity index (χ1) is 8.97. The smallest absolute Gasteiger partial charge is 0.186 e. The van der Waals surface area contributed by atoms with Gasteiger partial charge in [0.2, 0.25) is 0 Å². The van der Waals surface area contributed by atoms with E-state index in [1.807, 2.05) is 11.3 Å². The summed E-state index contributed by atoms with van der Waals surface area (Å²) < 4.78 is 0. The molecule has 0 radical (unpaired) electrons. The molecule has 2 rings (SSSR count). The summed E-state index contributed by atoms with van der Waals surface area (Å²) in [5, 5.41) is 4.67. The highest BCUT2D eigenvalue weighted by atomic mass is 32.1. The van der Waals surface area contributed by atoms with Crippen LogP contribution in [0.2, 0.25) is 0 Å². The molecule has 1 heterocycles. The van der Waals surface area contributed by atoms with Gasteiger partial charge < -0.3 is 10.2 Å². The summed E-state index contributed by atoms with van der Waals surface area (Å²) in [6.07, 6.45) is 2.67. The van der Waals surface area contributed by atoms with Crippen LogP contribution in [0.15, 0.2) is 0 Å². The fourth-order valence-corrected chi connectivity index (χ4v) is 3.72. The normalized spacial score (nSPS) is 15.8. The first-order valence-corrected chi connectivity index (χ1v) is 8.26. The molecule has 108 valence electrons. The quantitative estimate of drug-likeness (QED) is 0.864. The molecule has 0 spiro atoms. The third-order valence-corrected chi connectivity index (χ3v) is 4.60. The van der Waals surface area contributed by atoms with Crippen molar-refractivity contribution < 1.29 is 0 Å². The molecule has 1 fully saturated rings. The molecular weight excluding hydrogens is 254 g/mol. The average Bonchev–Trinajstić information content (AvgIpc) is 3.06. The zero-order valence-corrected chi connectivity index (χ0v) is 13.7. The van der Waals surface area contributed by atoms with Gasteiger partial charge in [-0.15, -0.1) is 11.3 Å². The van der Waals surface area contributed by atoms with Gasteiger partial charge in [-0.2, -0.15) is 0 Å². The van der Waals surface area contributed by atoms with Gasteiger partial charge >= 0.3 is 0 Å². The molecule has 3 nitrogen and oxygen atoms in total. The molecular formula is C15H27N3S. The Kier molecular flexibility index (Phi) is 4.51. The summed E-state index contributed by atoms with van der Waals surface area (Å²) in [5.41, 5.74) is 1.40. The van der Waals surface area contributed by atoms with E-state index in [2.05, 4.69) is 44.8 Å². The molecule has 1 N–H and O–H groups in total. The van der Waals surface area contributed by atoms with Crippen LogP contribution < -0.4 is 10.2 Å². The molecule has 0 bridgehead atoms. The van der Waals surface area contributed by atoms with Crippen molar-refractivity contribution in [1.29, 1.82) is 0 Å². The van der Waals surface area contributed by atoms with Gasteiger partial charge in [0, 0.05) is 29.4 Å². The van der Waals surface area contributed by atoms with Crippen molar-refractivity contribution in [3.05, 3.63) is 10.6 Å². The Morgan fingerprint density at radius 1 is 1.32 bits per heavy atom. The number of anilines is 1. The van der Waals surface area contributed by atoms with E-state index in [1.165, 1.54) is 28.5 Å². The molecule has 0 aliphatic heterocycles. The Labute approximate surface area is 121 Å². The van der Waals surface area contributed by atoms with Crippen molar-refractivity contribution in [3.63, 3.8) is 0 Å². The van der Waals surface area contributed by atoms with Crippen LogP contribution in [0.25, 0.3) is 0 Å². The van der Waals surface area contributed by atoms with Crippen molar-refractivity contribution in [2.45, 2.75) is 65.5 Å². The molecule has 0 saturated heterocycles. The van der Waals surface area contributed by atoms with Gasteiger partial charge in [0.25, 0.3) is 0 Å². The maximum absolute atomic E-state index is 4.97. The SMILES string of the molecule is CCNCc1sc(N(CC)C2CC2)nc1C(C)(C)C. The summed E-state index contributed by atoms with van der Waals surface area (Å²) in [4.78, 5) is 8.86. The van der Waals surface area contributed by atoms with Gasteiger partial charge in [0.1, 0.15) is 0 Å². The lowest BCUT2D eigenvalue weighted by molar-refractivity contribution is 0.560. The number of aromatic nitrogens is 1. The molecule has 1 saturated carbocycles. The minimum atomic E-state index is 0.127. The van der Waals surface area contributed by atoms with Gasteiger partial charge in [0.05, 0.1) is 5.69 Å². The molecule has 1 aliphatic carbocycles. The average molecular weight is 281 g/mol. The second kappa shape index (κ2) is 5.80. The molecule has 0 atom stereocenters. The molecule has 4 heteroatoms. The van der Waals surface area contributed by atoms with Gasteiger partial charge in [-0.3, -0.25) is 0 Å². The zero-order valence-electron chi connectivity index (χ0n) is 12.9. The lowest BCUT2D eigenvalue weighted by Gasteiger charge is -2.20. The zero-order chi connectivity index (χ0) is 14.0. The standard InChI is InChI=1S/C15H27N3S/c1-6-16-10-12-13(15(3,4)5)17-14(19-12)18(7-2)11-8-9-11/h11,16H,6-10H2,1-5H3. The lowest BCUT2D eigenvalue weighted by atomic mass is 9.91. The first kappa shape index (κ1) is 14.8. The fourth-order valence-electron chi connectivity index (χ4n) is 2.34. The molecule has 1 aliphatic rings. The molecule has 1 aromatic rings. The number of hydrogen-bond acceptors (Lipinski definition) is 4. The Balaban J connectivity index is 2.27. The van der Waals surface area contributed by atoms with Crippen LogP contribution in [0.5, 0.6) is 0 Å². The highest BCUT2D eigenvalue weighted by Crippen LogP contribution is 2.38. The van der Waals surface area contributed by atoms with Gasteiger partial charge in [0.15, 0.2) is 5.13 Å². The second-order valence-corrected chi connectivity index (χ2v) is 7.38. The van der Waals surface area contributed by atoms with E-state index >= 15 is 0 Å². The summed E-state index contributed by atoms with van der Waals surface area (Å²) >= 11 is 1.88. The third kappa shape index (κ3) is 3.48. The number of thiazole rings is 1. The lowest BCUT2D eigenvalue weighted by Crippen LogP contribution is -2.25. The molecule has 1 aromatic heterocycles. The third-order valence-electron chi connectivity index (χ3n) is 3.51. The first-order valence-electron chi connectivity index (χ1n) is 7.44. The van der Waals surface area contributed by atoms with Gasteiger partial charge in [-0.1, -0.05) is 27.7 Å². The number of hydrogen-bond donors (Lipinski definition) is 1. The van der Waals surface area contributed by atoms with Crippen molar-refractivity contribution in [1.82, 2.24) is 10.3 Å². The van der Waals surface area contributed by atoms with Crippen LogP contribution in [-0.4, -0.2) is 24.1 Å². The summed E-state index contributed by atoms with van der Waals surface area (Å²) in [5.74, 6) is 0. The highest BCUT2D eigenvalue weighted by Gasteiger charge is 2.32. The predicted molar refractivity (Wildman–Crippen MR) is 84.2 cm³/mol. The van der Waals surface area contributed by atoms with Crippen molar-refractivity contribution in [2.24, 2.45) is 0 Å². The summed E-state index contributed by atoms with van der Waals surface area (Å²) in [6, 6.07) is 0.746. The van der Waals surface area contributed by atoms with Crippen LogP contribution in [0, 0.1) is 0 Å². The Hall–Kier alpha value is -0.610. The molecule has 0 unspecified atom stereocenters. The number of nitrogens with one attached hydrogen (secondary N) is 1.